The van der Waals surface area contributed by atoms with Crippen molar-refractivity contribution in [2.75, 3.05) is 25.6 Å². The third-order valence-corrected chi connectivity index (χ3v) is 4.32. The Labute approximate surface area is 136 Å². The summed E-state index contributed by atoms with van der Waals surface area (Å²) in [5.41, 5.74) is 1.93. The number of hydrogen-bond donors (Lipinski definition) is 1. The van der Waals surface area contributed by atoms with Crippen LogP contribution in [-0.4, -0.2) is 42.2 Å². The number of oxazole rings is 1. The molecule has 1 aliphatic rings. The Morgan fingerprint density at radius 3 is 2.86 bits per heavy atom. The Bertz CT molecular complexity index is 695. The maximum atomic E-state index is 12.5. The van der Waals surface area contributed by atoms with Crippen LogP contribution in [0.4, 0.5) is 10.5 Å². The molecule has 1 fully saturated rings. The second-order valence-electron chi connectivity index (χ2n) is 5.42. The van der Waals surface area contributed by atoms with Gasteiger partial charge < -0.3 is 19.4 Å². The molecule has 6 nitrogen and oxygen atoms in total. The van der Waals surface area contributed by atoms with Gasteiger partial charge in [0.1, 0.15) is 5.52 Å². The highest BCUT2D eigenvalue weighted by atomic mass is 79.9. The third kappa shape index (κ3) is 3.10. The lowest BCUT2D eigenvalue weighted by atomic mass is 10.1. The van der Waals surface area contributed by atoms with Gasteiger partial charge in [0.15, 0.2) is 11.5 Å². The first kappa shape index (κ1) is 15.3. The Hall–Kier alpha value is -1.60. The Balaban J connectivity index is 1.81. The number of urea groups is 1. The maximum Gasteiger partial charge on any atom is 0.321 e. The van der Waals surface area contributed by atoms with Crippen molar-refractivity contribution in [2.45, 2.75) is 25.8 Å². The molecule has 22 heavy (non-hydrogen) atoms. The number of hydrogen-bond acceptors (Lipinski definition) is 4. The van der Waals surface area contributed by atoms with E-state index in [1.54, 1.807) is 11.8 Å². The fourth-order valence-corrected chi connectivity index (χ4v) is 3.09. The molecule has 1 aromatic heterocycles. The first-order valence-electron chi connectivity index (χ1n) is 7.23. The van der Waals surface area contributed by atoms with Crippen LogP contribution in [0.5, 0.6) is 0 Å². The highest BCUT2D eigenvalue weighted by Gasteiger charge is 2.23. The number of aryl methyl sites for hydroxylation is 1. The van der Waals surface area contributed by atoms with E-state index in [1.807, 2.05) is 19.2 Å². The van der Waals surface area contributed by atoms with Crippen LogP contribution in [0.25, 0.3) is 11.1 Å². The van der Waals surface area contributed by atoms with Gasteiger partial charge >= 0.3 is 6.03 Å². The first-order chi connectivity index (χ1) is 10.5. The van der Waals surface area contributed by atoms with Crippen LogP contribution in [0.1, 0.15) is 18.7 Å². The number of halogens is 1. The normalized spacial score (nSPS) is 16.0. The zero-order chi connectivity index (χ0) is 15.7. The number of nitrogens with one attached hydrogen (secondary N) is 1. The predicted octanol–water partition coefficient (Wildman–Crippen LogP) is 3.54. The monoisotopic (exact) mass is 367 g/mol. The summed E-state index contributed by atoms with van der Waals surface area (Å²) in [6, 6.07) is 3.74. The maximum absolute atomic E-state index is 12.5. The van der Waals surface area contributed by atoms with Gasteiger partial charge in [-0.1, -0.05) is 15.9 Å². The van der Waals surface area contributed by atoms with Gasteiger partial charge in [-0.15, -0.1) is 0 Å². The van der Waals surface area contributed by atoms with Crippen LogP contribution in [0, 0.1) is 6.92 Å². The van der Waals surface area contributed by atoms with Crippen LogP contribution in [0.3, 0.4) is 0 Å². The van der Waals surface area contributed by atoms with Crippen LogP contribution < -0.4 is 5.32 Å². The van der Waals surface area contributed by atoms with Crippen LogP contribution in [0.2, 0.25) is 0 Å². The van der Waals surface area contributed by atoms with Gasteiger partial charge in [-0.2, -0.15) is 0 Å². The number of amides is 2. The summed E-state index contributed by atoms with van der Waals surface area (Å²) >= 11 is 3.43. The third-order valence-electron chi connectivity index (χ3n) is 3.86. The molecule has 0 atom stereocenters. The van der Waals surface area contributed by atoms with Gasteiger partial charge in [-0.05, 0) is 25.0 Å². The van der Waals surface area contributed by atoms with Gasteiger partial charge in [-0.25, -0.2) is 9.78 Å². The van der Waals surface area contributed by atoms with E-state index < -0.39 is 0 Å². The predicted molar refractivity (Wildman–Crippen MR) is 87.1 cm³/mol. The van der Waals surface area contributed by atoms with E-state index in [4.69, 9.17) is 9.15 Å². The lowest BCUT2D eigenvalue weighted by Crippen LogP contribution is -2.42. The molecule has 0 spiro atoms. The Morgan fingerprint density at radius 1 is 1.41 bits per heavy atom. The molecule has 1 saturated heterocycles. The van der Waals surface area contributed by atoms with Crippen LogP contribution in [0.15, 0.2) is 21.0 Å². The second kappa shape index (κ2) is 6.26. The minimum atomic E-state index is -0.152. The van der Waals surface area contributed by atoms with E-state index in [2.05, 4.69) is 26.2 Å². The summed E-state index contributed by atoms with van der Waals surface area (Å²) < 4.78 is 11.8. The number of fused-ring (bicyclic) bond motifs is 1. The number of carbonyl (C=O) groups is 1. The number of nitrogens with zero attached hydrogens (tertiary/aromatic N) is 2. The van der Waals surface area contributed by atoms with E-state index in [9.17, 15) is 4.79 Å². The highest BCUT2D eigenvalue weighted by Crippen LogP contribution is 2.29. The average molecular weight is 368 g/mol. The van der Waals surface area contributed by atoms with Crippen molar-refractivity contribution < 1.29 is 13.9 Å². The Morgan fingerprint density at radius 2 is 2.14 bits per heavy atom. The molecule has 2 amide bonds. The number of ether oxygens (including phenoxy) is 1. The van der Waals surface area contributed by atoms with E-state index in [1.165, 1.54) is 0 Å². The number of benzene rings is 1. The van der Waals surface area contributed by atoms with Crippen molar-refractivity contribution in [1.82, 2.24) is 9.88 Å². The molecular weight excluding hydrogens is 350 g/mol. The quantitative estimate of drug-likeness (QED) is 0.881. The lowest BCUT2D eigenvalue weighted by Gasteiger charge is -2.31. The summed E-state index contributed by atoms with van der Waals surface area (Å²) in [6.45, 7) is 3.18. The fraction of sp³-hybridized carbons (Fsp3) is 0.467. The van der Waals surface area contributed by atoms with Crippen LogP contribution in [-0.2, 0) is 4.74 Å². The summed E-state index contributed by atoms with van der Waals surface area (Å²) in [4.78, 5) is 18.5. The molecular formula is C15H18BrN3O3. The molecule has 7 heteroatoms. The minimum absolute atomic E-state index is 0.152. The zero-order valence-electron chi connectivity index (χ0n) is 12.6. The largest absolute Gasteiger partial charge is 0.439 e. The van der Waals surface area contributed by atoms with Crippen molar-refractivity contribution >= 4 is 38.7 Å². The van der Waals surface area contributed by atoms with Gasteiger partial charge in [0.2, 0.25) is 0 Å². The van der Waals surface area contributed by atoms with Crippen molar-refractivity contribution in [3.05, 3.63) is 22.5 Å². The summed E-state index contributed by atoms with van der Waals surface area (Å²) in [7, 11) is 1.81. The highest BCUT2D eigenvalue weighted by molar-refractivity contribution is 9.10. The molecule has 0 aliphatic carbocycles. The molecule has 118 valence electrons. The summed E-state index contributed by atoms with van der Waals surface area (Å²) in [5, 5.41) is 2.92. The van der Waals surface area contributed by atoms with Crippen molar-refractivity contribution in [1.29, 1.82) is 0 Å². The number of aromatic nitrogens is 1. The van der Waals surface area contributed by atoms with E-state index >= 15 is 0 Å². The molecule has 0 saturated carbocycles. The molecule has 2 heterocycles. The molecule has 0 unspecified atom stereocenters. The molecule has 3 rings (SSSR count). The number of carbonyl (C=O) groups excluding carboxylic acids is 1. The van der Waals surface area contributed by atoms with E-state index in [0.29, 0.717) is 30.4 Å². The molecule has 1 aliphatic heterocycles. The average Bonchev–Trinajstić information content (AvgIpc) is 2.87. The number of anilines is 1. The first-order valence-corrected chi connectivity index (χ1v) is 8.02. The molecule has 2 aromatic rings. The SMILES string of the molecule is Cc1nc2cc(Br)cc(NC(=O)N(C)C3CCOCC3)c2o1. The fourth-order valence-electron chi connectivity index (χ4n) is 2.64. The van der Waals surface area contributed by atoms with Crippen molar-refractivity contribution in [3.8, 4) is 0 Å². The van der Waals surface area contributed by atoms with Gasteiger partial charge in [0, 0.05) is 37.7 Å². The smallest absolute Gasteiger partial charge is 0.321 e. The van der Waals surface area contributed by atoms with Gasteiger partial charge in [0.05, 0.1) is 5.69 Å². The zero-order valence-corrected chi connectivity index (χ0v) is 14.1. The minimum Gasteiger partial charge on any atom is -0.439 e. The topological polar surface area (TPSA) is 67.6 Å². The van der Waals surface area contributed by atoms with Crippen molar-refractivity contribution in [3.63, 3.8) is 0 Å². The van der Waals surface area contributed by atoms with Crippen LogP contribution >= 0.6 is 15.9 Å². The number of rotatable bonds is 2. The van der Waals surface area contributed by atoms with E-state index in [0.717, 1.165) is 22.8 Å². The van der Waals surface area contributed by atoms with E-state index in [-0.39, 0.29) is 12.1 Å². The summed E-state index contributed by atoms with van der Waals surface area (Å²) in [6.07, 6.45) is 1.72. The van der Waals surface area contributed by atoms with Crippen molar-refractivity contribution in [2.24, 2.45) is 0 Å². The molecule has 0 bridgehead atoms. The lowest BCUT2D eigenvalue weighted by molar-refractivity contribution is 0.0544. The second-order valence-corrected chi connectivity index (χ2v) is 6.33. The summed E-state index contributed by atoms with van der Waals surface area (Å²) in [5.74, 6) is 0.571. The van der Waals surface area contributed by atoms with Gasteiger partial charge in [-0.3, -0.25) is 0 Å². The van der Waals surface area contributed by atoms with Gasteiger partial charge in [0.25, 0.3) is 0 Å². The molecule has 1 aromatic carbocycles. The standard InChI is InChI=1S/C15H18BrN3O3/c1-9-17-12-7-10(16)8-13(14(12)22-9)18-15(20)19(2)11-3-5-21-6-4-11/h7-8,11H,3-6H2,1-2H3,(H,18,20). The molecule has 0 radical (unpaired) electrons. The molecule has 1 N–H and O–H groups in total. The Kier molecular flexibility index (Phi) is 4.35.